The summed E-state index contributed by atoms with van der Waals surface area (Å²) < 4.78 is 12.9. The summed E-state index contributed by atoms with van der Waals surface area (Å²) in [6, 6.07) is 6.91. The zero-order chi connectivity index (χ0) is 14.7. The van der Waals surface area contributed by atoms with Crippen molar-refractivity contribution in [3.63, 3.8) is 0 Å². The van der Waals surface area contributed by atoms with Gasteiger partial charge in [-0.2, -0.15) is 0 Å². The van der Waals surface area contributed by atoms with Gasteiger partial charge in [0.25, 0.3) is 0 Å². The third kappa shape index (κ3) is 3.82. The zero-order valence-electron chi connectivity index (χ0n) is 12.5. The minimum Gasteiger partial charge on any atom is -0.388 e. The predicted octanol–water partition coefficient (Wildman–Crippen LogP) is 2.42. The van der Waals surface area contributed by atoms with Crippen molar-refractivity contribution < 1.29 is 9.50 Å². The molecule has 0 bridgehead atoms. The second kappa shape index (κ2) is 6.86. The van der Waals surface area contributed by atoms with Crippen molar-refractivity contribution >= 4 is 0 Å². The molecular weight excluding hydrogens is 267 g/mol. The third-order valence-corrected chi connectivity index (χ3v) is 4.90. The molecule has 0 saturated carbocycles. The Morgan fingerprint density at radius 3 is 2.76 bits per heavy atom. The largest absolute Gasteiger partial charge is 0.388 e. The Bertz CT molecular complexity index is 451. The van der Waals surface area contributed by atoms with Gasteiger partial charge in [-0.05, 0) is 43.5 Å². The van der Waals surface area contributed by atoms with Gasteiger partial charge < -0.3 is 10.0 Å². The van der Waals surface area contributed by atoms with Crippen LogP contribution in [0.15, 0.2) is 24.3 Å². The highest BCUT2D eigenvalue weighted by Gasteiger charge is 2.28. The van der Waals surface area contributed by atoms with E-state index in [-0.39, 0.29) is 5.82 Å². The maximum Gasteiger partial charge on any atom is 0.123 e. The Hall–Kier alpha value is -0.970. The van der Waals surface area contributed by atoms with Gasteiger partial charge in [0.2, 0.25) is 0 Å². The minimum atomic E-state index is -0.491. The summed E-state index contributed by atoms with van der Waals surface area (Å²) in [5, 5.41) is 10.2. The molecule has 3 nitrogen and oxygen atoms in total. The highest BCUT2D eigenvalue weighted by molar-refractivity contribution is 5.18. The molecule has 1 aromatic carbocycles. The molecule has 3 rings (SSSR count). The van der Waals surface area contributed by atoms with Crippen LogP contribution in [0.3, 0.4) is 0 Å². The Kier molecular flexibility index (Phi) is 4.88. The number of aliphatic hydroxyl groups is 1. The number of fused-ring (bicyclic) bond motifs is 1. The summed E-state index contributed by atoms with van der Waals surface area (Å²) >= 11 is 0. The maximum absolute atomic E-state index is 12.9. The van der Waals surface area contributed by atoms with E-state index in [2.05, 4.69) is 9.80 Å². The smallest absolute Gasteiger partial charge is 0.123 e. The number of aliphatic hydroxyl groups excluding tert-OH is 1. The fourth-order valence-electron chi connectivity index (χ4n) is 3.58. The van der Waals surface area contributed by atoms with Crippen LogP contribution in [0.4, 0.5) is 4.39 Å². The molecule has 1 aromatic rings. The molecule has 1 N–H and O–H groups in total. The zero-order valence-corrected chi connectivity index (χ0v) is 12.5. The SMILES string of the molecule is OC(CCN1CCN2CCCCC2C1)c1ccc(F)cc1. The molecule has 2 unspecified atom stereocenters. The van der Waals surface area contributed by atoms with Gasteiger partial charge in [0, 0.05) is 32.2 Å². The molecule has 0 amide bonds. The van der Waals surface area contributed by atoms with Gasteiger partial charge in [-0.15, -0.1) is 0 Å². The van der Waals surface area contributed by atoms with E-state index in [0.29, 0.717) is 0 Å². The summed E-state index contributed by atoms with van der Waals surface area (Å²) in [6.45, 7) is 5.58. The van der Waals surface area contributed by atoms with Crippen molar-refractivity contribution in [2.75, 3.05) is 32.7 Å². The first-order chi connectivity index (χ1) is 10.2. The number of benzene rings is 1. The molecule has 2 saturated heterocycles. The van der Waals surface area contributed by atoms with Crippen LogP contribution in [-0.2, 0) is 0 Å². The van der Waals surface area contributed by atoms with Crippen LogP contribution in [0.1, 0.15) is 37.4 Å². The van der Waals surface area contributed by atoms with Crippen molar-refractivity contribution in [3.05, 3.63) is 35.6 Å². The lowest BCUT2D eigenvalue weighted by Gasteiger charge is -2.44. The number of nitrogens with zero attached hydrogens (tertiary/aromatic N) is 2. The third-order valence-electron chi connectivity index (χ3n) is 4.90. The van der Waals surface area contributed by atoms with Crippen LogP contribution < -0.4 is 0 Å². The van der Waals surface area contributed by atoms with Gasteiger partial charge in [0.15, 0.2) is 0 Å². The van der Waals surface area contributed by atoms with Gasteiger partial charge in [-0.1, -0.05) is 18.6 Å². The molecule has 2 atom stereocenters. The molecule has 4 heteroatoms. The second-order valence-electron chi connectivity index (χ2n) is 6.34. The quantitative estimate of drug-likeness (QED) is 0.923. The summed E-state index contributed by atoms with van der Waals surface area (Å²) in [7, 11) is 0. The number of piperazine rings is 1. The molecule has 0 radical (unpaired) electrons. The van der Waals surface area contributed by atoms with Crippen LogP contribution in [0.5, 0.6) is 0 Å². The van der Waals surface area contributed by atoms with Crippen LogP contribution in [0.25, 0.3) is 0 Å². The van der Waals surface area contributed by atoms with E-state index < -0.39 is 6.10 Å². The van der Waals surface area contributed by atoms with Crippen LogP contribution >= 0.6 is 0 Å². The van der Waals surface area contributed by atoms with Crippen molar-refractivity contribution in [1.82, 2.24) is 9.80 Å². The number of halogens is 1. The average Bonchev–Trinajstić information content (AvgIpc) is 2.53. The minimum absolute atomic E-state index is 0.251. The maximum atomic E-state index is 12.9. The predicted molar refractivity (Wildman–Crippen MR) is 81.6 cm³/mol. The van der Waals surface area contributed by atoms with Crippen molar-refractivity contribution in [2.24, 2.45) is 0 Å². The van der Waals surface area contributed by atoms with Crippen LogP contribution in [-0.4, -0.2) is 53.7 Å². The topological polar surface area (TPSA) is 26.7 Å². The molecule has 2 heterocycles. The Labute approximate surface area is 126 Å². The van der Waals surface area contributed by atoms with Crippen LogP contribution in [0, 0.1) is 5.82 Å². The number of hydrogen-bond acceptors (Lipinski definition) is 3. The molecular formula is C17H25FN2O. The summed E-state index contributed by atoms with van der Waals surface area (Å²) in [4.78, 5) is 5.09. The average molecular weight is 292 g/mol. The Balaban J connectivity index is 1.47. The van der Waals surface area contributed by atoms with Gasteiger partial charge >= 0.3 is 0 Å². The fourth-order valence-corrected chi connectivity index (χ4v) is 3.58. The van der Waals surface area contributed by atoms with Crippen molar-refractivity contribution in [3.8, 4) is 0 Å². The number of piperidine rings is 1. The summed E-state index contributed by atoms with van der Waals surface area (Å²) in [5.41, 5.74) is 0.813. The first kappa shape index (κ1) is 14.9. The standard InChI is InChI=1S/C17H25FN2O/c18-15-6-4-14(5-7-15)17(21)8-10-19-11-12-20-9-2-1-3-16(20)13-19/h4-7,16-17,21H,1-3,8-13H2. The van der Waals surface area contributed by atoms with Gasteiger partial charge in [-0.3, -0.25) is 4.90 Å². The lowest BCUT2D eigenvalue weighted by atomic mass is 9.99. The molecule has 2 aliphatic rings. The summed E-state index contributed by atoms with van der Waals surface area (Å²) in [6.07, 6.45) is 4.25. The van der Waals surface area contributed by atoms with E-state index >= 15 is 0 Å². The normalized spacial score (nSPS) is 25.5. The fraction of sp³-hybridized carbons (Fsp3) is 0.647. The van der Waals surface area contributed by atoms with E-state index in [1.165, 1.54) is 37.9 Å². The Morgan fingerprint density at radius 1 is 1.14 bits per heavy atom. The molecule has 116 valence electrons. The second-order valence-corrected chi connectivity index (χ2v) is 6.34. The monoisotopic (exact) mass is 292 g/mol. The van der Waals surface area contributed by atoms with Crippen LogP contribution in [0.2, 0.25) is 0 Å². The lowest BCUT2D eigenvalue weighted by Crippen LogP contribution is -2.54. The van der Waals surface area contributed by atoms with Crippen molar-refractivity contribution in [1.29, 1.82) is 0 Å². The van der Waals surface area contributed by atoms with E-state index in [4.69, 9.17) is 0 Å². The van der Waals surface area contributed by atoms with E-state index in [1.54, 1.807) is 12.1 Å². The molecule has 2 fully saturated rings. The van der Waals surface area contributed by atoms with Gasteiger partial charge in [-0.25, -0.2) is 4.39 Å². The van der Waals surface area contributed by atoms with E-state index in [9.17, 15) is 9.50 Å². The van der Waals surface area contributed by atoms with Crippen molar-refractivity contribution in [2.45, 2.75) is 37.8 Å². The highest BCUT2D eigenvalue weighted by atomic mass is 19.1. The van der Waals surface area contributed by atoms with Gasteiger partial charge in [0.05, 0.1) is 6.10 Å². The first-order valence-corrected chi connectivity index (χ1v) is 8.12. The number of hydrogen-bond donors (Lipinski definition) is 1. The Morgan fingerprint density at radius 2 is 1.95 bits per heavy atom. The first-order valence-electron chi connectivity index (χ1n) is 8.12. The molecule has 0 aromatic heterocycles. The van der Waals surface area contributed by atoms with E-state index in [0.717, 1.165) is 44.2 Å². The molecule has 0 spiro atoms. The molecule has 2 aliphatic heterocycles. The molecule has 21 heavy (non-hydrogen) atoms. The molecule has 0 aliphatic carbocycles. The lowest BCUT2D eigenvalue weighted by molar-refractivity contribution is 0.0405. The van der Waals surface area contributed by atoms with E-state index in [1.807, 2.05) is 0 Å². The number of rotatable bonds is 4. The highest BCUT2D eigenvalue weighted by Crippen LogP contribution is 2.23. The van der Waals surface area contributed by atoms with Gasteiger partial charge in [0.1, 0.15) is 5.82 Å². The summed E-state index contributed by atoms with van der Waals surface area (Å²) in [5.74, 6) is -0.251.